The highest BCUT2D eigenvalue weighted by Crippen LogP contribution is 2.25. The number of rotatable bonds is 3. The predicted molar refractivity (Wildman–Crippen MR) is 59.8 cm³/mol. The second-order valence-corrected chi connectivity index (χ2v) is 4.17. The molecule has 2 aromatic heterocycles. The molecular weight excluding hydrogens is 196 g/mol. The summed E-state index contributed by atoms with van der Waals surface area (Å²) < 4.78 is 1.22. The van der Waals surface area contributed by atoms with Crippen molar-refractivity contribution in [2.45, 2.75) is 13.0 Å². The molecule has 2 rings (SSSR count). The van der Waals surface area contributed by atoms with Gasteiger partial charge in [0.25, 0.3) is 0 Å². The number of pyridine rings is 1. The van der Waals surface area contributed by atoms with Gasteiger partial charge in [-0.2, -0.15) is 0 Å². The first-order chi connectivity index (χ1) is 6.77. The van der Waals surface area contributed by atoms with Crippen LogP contribution in [0.4, 0.5) is 5.82 Å². The van der Waals surface area contributed by atoms with E-state index in [1.807, 2.05) is 17.5 Å². The van der Waals surface area contributed by atoms with Crippen LogP contribution in [0.5, 0.6) is 0 Å². The van der Waals surface area contributed by atoms with Crippen LogP contribution in [0.1, 0.15) is 6.92 Å². The van der Waals surface area contributed by atoms with E-state index >= 15 is 0 Å². The maximum atomic E-state index is 9.15. The fourth-order valence-electron chi connectivity index (χ4n) is 1.28. The van der Waals surface area contributed by atoms with E-state index in [1.54, 1.807) is 24.5 Å². The topological polar surface area (TPSA) is 45.1 Å². The Balaban J connectivity index is 2.27. The highest BCUT2D eigenvalue weighted by molar-refractivity contribution is 7.17. The van der Waals surface area contributed by atoms with Crippen molar-refractivity contribution < 1.29 is 5.11 Å². The first-order valence-corrected chi connectivity index (χ1v) is 5.39. The smallest absolute Gasteiger partial charge is 0.134 e. The van der Waals surface area contributed by atoms with Crippen molar-refractivity contribution in [3.05, 3.63) is 23.7 Å². The second kappa shape index (κ2) is 3.94. The normalized spacial score (nSPS) is 13.0. The maximum absolute atomic E-state index is 9.15. The molecule has 0 bridgehead atoms. The van der Waals surface area contributed by atoms with Gasteiger partial charge in [0.15, 0.2) is 0 Å². The molecule has 2 heterocycles. The molecule has 0 unspecified atom stereocenters. The molecule has 0 fully saturated rings. The van der Waals surface area contributed by atoms with E-state index in [4.69, 9.17) is 5.11 Å². The molecule has 0 saturated carbocycles. The number of aliphatic hydroxyl groups excluding tert-OH is 1. The van der Waals surface area contributed by atoms with Crippen molar-refractivity contribution >= 4 is 27.2 Å². The van der Waals surface area contributed by atoms with Gasteiger partial charge in [0.2, 0.25) is 0 Å². The number of thiophene rings is 1. The summed E-state index contributed by atoms with van der Waals surface area (Å²) in [6, 6.07) is 4.03. The Hall–Kier alpha value is -1.13. The Labute approximate surface area is 86.4 Å². The molecular formula is C10H12N2OS. The van der Waals surface area contributed by atoms with Crippen LogP contribution in [0.15, 0.2) is 23.7 Å². The number of anilines is 1. The van der Waals surface area contributed by atoms with Crippen LogP contribution in [0.3, 0.4) is 0 Å². The van der Waals surface area contributed by atoms with Gasteiger partial charge in [-0.25, -0.2) is 4.98 Å². The monoisotopic (exact) mass is 208 g/mol. The van der Waals surface area contributed by atoms with Gasteiger partial charge in [0.1, 0.15) is 5.82 Å². The Kier molecular flexibility index (Phi) is 2.65. The largest absolute Gasteiger partial charge is 0.392 e. The van der Waals surface area contributed by atoms with Crippen LogP contribution < -0.4 is 5.32 Å². The highest BCUT2D eigenvalue weighted by Gasteiger charge is 2.03. The molecule has 0 aliphatic carbocycles. The maximum Gasteiger partial charge on any atom is 0.134 e. The van der Waals surface area contributed by atoms with Gasteiger partial charge in [0, 0.05) is 22.8 Å². The summed E-state index contributed by atoms with van der Waals surface area (Å²) in [6.45, 7) is 2.28. The van der Waals surface area contributed by atoms with E-state index in [2.05, 4.69) is 10.3 Å². The fourth-order valence-corrected chi connectivity index (χ4v) is 2.06. The third-order valence-electron chi connectivity index (χ3n) is 1.94. The Morgan fingerprint density at radius 2 is 2.43 bits per heavy atom. The quantitative estimate of drug-likeness (QED) is 0.811. The zero-order valence-corrected chi connectivity index (χ0v) is 8.71. The van der Waals surface area contributed by atoms with Gasteiger partial charge in [-0.3, -0.25) is 0 Å². The zero-order chi connectivity index (χ0) is 9.97. The van der Waals surface area contributed by atoms with Crippen LogP contribution in [0.25, 0.3) is 10.1 Å². The summed E-state index contributed by atoms with van der Waals surface area (Å²) in [5.41, 5.74) is 0. The van der Waals surface area contributed by atoms with Gasteiger partial charge in [-0.15, -0.1) is 11.3 Å². The summed E-state index contributed by atoms with van der Waals surface area (Å²) in [5.74, 6) is 0.852. The second-order valence-electron chi connectivity index (χ2n) is 3.22. The van der Waals surface area contributed by atoms with E-state index in [1.165, 1.54) is 4.70 Å². The molecule has 4 heteroatoms. The molecule has 0 radical (unpaired) electrons. The Morgan fingerprint density at radius 3 is 3.21 bits per heavy atom. The number of nitrogens with zero attached hydrogens (tertiary/aromatic N) is 1. The van der Waals surface area contributed by atoms with Crippen LogP contribution >= 0.6 is 11.3 Å². The lowest BCUT2D eigenvalue weighted by Crippen LogP contribution is -2.15. The molecule has 2 aromatic rings. The molecule has 0 aliphatic heterocycles. The van der Waals surface area contributed by atoms with Crippen molar-refractivity contribution in [1.82, 2.24) is 4.98 Å². The number of hydrogen-bond donors (Lipinski definition) is 2. The van der Waals surface area contributed by atoms with Crippen LogP contribution in [0.2, 0.25) is 0 Å². The first-order valence-electron chi connectivity index (χ1n) is 4.51. The molecule has 0 amide bonds. The van der Waals surface area contributed by atoms with E-state index in [0.29, 0.717) is 6.54 Å². The molecule has 74 valence electrons. The standard InChI is InChI=1S/C10H12N2OS/c1-7(13)6-12-10-8-3-5-14-9(8)2-4-11-10/h2-5,7,13H,6H2,1H3,(H,11,12)/t7-/m1/s1. The summed E-state index contributed by atoms with van der Waals surface area (Å²) >= 11 is 1.69. The lowest BCUT2D eigenvalue weighted by molar-refractivity contribution is 0.208. The number of fused-ring (bicyclic) bond motifs is 1. The van der Waals surface area contributed by atoms with Gasteiger partial charge < -0.3 is 10.4 Å². The zero-order valence-electron chi connectivity index (χ0n) is 7.90. The first kappa shape index (κ1) is 9.43. The summed E-state index contributed by atoms with van der Waals surface area (Å²) in [7, 11) is 0. The van der Waals surface area contributed by atoms with Crippen molar-refractivity contribution in [3.8, 4) is 0 Å². The summed E-state index contributed by atoms with van der Waals surface area (Å²) in [5, 5.41) is 15.4. The molecule has 0 saturated heterocycles. The van der Waals surface area contributed by atoms with Gasteiger partial charge >= 0.3 is 0 Å². The molecule has 0 aliphatic rings. The average Bonchev–Trinajstić information content (AvgIpc) is 2.62. The molecule has 0 aromatic carbocycles. The highest BCUT2D eigenvalue weighted by atomic mass is 32.1. The van der Waals surface area contributed by atoms with Crippen LogP contribution in [-0.4, -0.2) is 22.7 Å². The Morgan fingerprint density at radius 1 is 1.57 bits per heavy atom. The van der Waals surface area contributed by atoms with E-state index in [-0.39, 0.29) is 6.10 Å². The lowest BCUT2D eigenvalue weighted by Gasteiger charge is -2.07. The third-order valence-corrected chi connectivity index (χ3v) is 2.83. The van der Waals surface area contributed by atoms with Crippen molar-refractivity contribution in [2.24, 2.45) is 0 Å². The number of nitrogens with one attached hydrogen (secondary N) is 1. The molecule has 2 N–H and O–H groups in total. The van der Waals surface area contributed by atoms with Crippen molar-refractivity contribution in [2.75, 3.05) is 11.9 Å². The van der Waals surface area contributed by atoms with Crippen LogP contribution in [0, 0.1) is 0 Å². The molecule has 3 nitrogen and oxygen atoms in total. The van der Waals surface area contributed by atoms with E-state index in [0.717, 1.165) is 11.2 Å². The van der Waals surface area contributed by atoms with Crippen molar-refractivity contribution in [1.29, 1.82) is 0 Å². The van der Waals surface area contributed by atoms with E-state index < -0.39 is 0 Å². The van der Waals surface area contributed by atoms with E-state index in [9.17, 15) is 0 Å². The SMILES string of the molecule is C[C@@H](O)CNc1nccc2sccc12. The summed E-state index contributed by atoms with van der Waals surface area (Å²) in [4.78, 5) is 4.24. The molecule has 0 spiro atoms. The van der Waals surface area contributed by atoms with Gasteiger partial charge in [0.05, 0.1) is 6.10 Å². The van der Waals surface area contributed by atoms with Gasteiger partial charge in [-0.05, 0) is 24.4 Å². The number of aliphatic hydroxyl groups is 1. The van der Waals surface area contributed by atoms with Crippen LogP contribution in [-0.2, 0) is 0 Å². The average molecular weight is 208 g/mol. The minimum atomic E-state index is -0.356. The lowest BCUT2D eigenvalue weighted by atomic mass is 10.3. The predicted octanol–water partition coefficient (Wildman–Crippen LogP) is 2.09. The fraction of sp³-hybridized carbons (Fsp3) is 0.300. The number of hydrogen-bond acceptors (Lipinski definition) is 4. The Bertz CT molecular complexity index is 425. The van der Waals surface area contributed by atoms with Crippen molar-refractivity contribution in [3.63, 3.8) is 0 Å². The van der Waals surface area contributed by atoms with Gasteiger partial charge in [-0.1, -0.05) is 0 Å². The third kappa shape index (κ3) is 1.86. The molecule has 14 heavy (non-hydrogen) atoms. The molecule has 1 atom stereocenters. The minimum absolute atomic E-state index is 0.356. The summed E-state index contributed by atoms with van der Waals surface area (Å²) in [6.07, 6.45) is 1.43. The number of aromatic nitrogens is 1. The minimum Gasteiger partial charge on any atom is -0.392 e.